The van der Waals surface area contributed by atoms with Crippen LogP contribution in [0.2, 0.25) is 0 Å². The van der Waals surface area contributed by atoms with Gasteiger partial charge in [0.15, 0.2) is 0 Å². The highest BCUT2D eigenvalue weighted by Crippen LogP contribution is 2.27. The molecule has 0 radical (unpaired) electrons. The Morgan fingerprint density at radius 3 is 2.89 bits per heavy atom. The predicted octanol–water partition coefficient (Wildman–Crippen LogP) is 2.83. The van der Waals surface area contributed by atoms with Crippen LogP contribution in [-0.4, -0.2) is 23.2 Å². The van der Waals surface area contributed by atoms with Crippen LogP contribution in [0.1, 0.15) is 32.3 Å². The quantitative estimate of drug-likeness (QED) is 0.837. The Kier molecular flexibility index (Phi) is 4.06. The molecule has 0 aromatic heterocycles. The maximum Gasteiger partial charge on any atom is 0.124 e. The number of hydrogen-bond donors (Lipinski definition) is 2. The van der Waals surface area contributed by atoms with E-state index in [0.29, 0.717) is 12.2 Å². The highest BCUT2D eigenvalue weighted by Gasteiger charge is 2.29. The maximum absolute atomic E-state index is 13.2. The van der Waals surface area contributed by atoms with Gasteiger partial charge >= 0.3 is 0 Å². The summed E-state index contributed by atoms with van der Waals surface area (Å²) < 4.78 is 18.9. The van der Waals surface area contributed by atoms with Crippen LogP contribution in [0.15, 0.2) is 18.2 Å². The molecule has 1 aliphatic heterocycles. The molecule has 0 aliphatic carbocycles. The SMILES string of the molecule is CC1(C)CC(Nc2ccc(F)cc2C(N)=S)CCO1. The molecule has 1 saturated heterocycles. The second-order valence-electron chi connectivity index (χ2n) is 5.50. The van der Waals surface area contributed by atoms with E-state index in [1.54, 1.807) is 6.07 Å². The number of benzene rings is 1. The average molecular weight is 282 g/mol. The molecule has 1 unspecified atom stereocenters. The van der Waals surface area contributed by atoms with Gasteiger partial charge in [-0.25, -0.2) is 4.39 Å². The van der Waals surface area contributed by atoms with Crippen LogP contribution in [0.4, 0.5) is 10.1 Å². The van der Waals surface area contributed by atoms with Crippen LogP contribution < -0.4 is 11.1 Å². The predicted molar refractivity (Wildman–Crippen MR) is 79.0 cm³/mol. The van der Waals surface area contributed by atoms with E-state index in [1.165, 1.54) is 12.1 Å². The van der Waals surface area contributed by atoms with E-state index in [9.17, 15) is 4.39 Å². The van der Waals surface area contributed by atoms with Crippen LogP contribution >= 0.6 is 12.2 Å². The second-order valence-corrected chi connectivity index (χ2v) is 5.94. The van der Waals surface area contributed by atoms with E-state index in [0.717, 1.165) is 18.5 Å². The van der Waals surface area contributed by atoms with Gasteiger partial charge in [0.05, 0.1) is 5.60 Å². The highest BCUT2D eigenvalue weighted by molar-refractivity contribution is 7.80. The summed E-state index contributed by atoms with van der Waals surface area (Å²) in [5, 5.41) is 3.40. The third-order valence-electron chi connectivity index (χ3n) is 3.30. The van der Waals surface area contributed by atoms with Crippen LogP contribution in [-0.2, 0) is 4.74 Å². The molecule has 1 aliphatic rings. The Bertz CT molecular complexity index is 490. The monoisotopic (exact) mass is 282 g/mol. The number of hydrogen-bond acceptors (Lipinski definition) is 3. The molecular weight excluding hydrogens is 263 g/mol. The van der Waals surface area contributed by atoms with Crippen molar-refractivity contribution in [3.8, 4) is 0 Å². The molecule has 0 bridgehead atoms. The molecule has 1 atom stereocenters. The van der Waals surface area contributed by atoms with Gasteiger partial charge in [-0.3, -0.25) is 0 Å². The number of ether oxygens (including phenoxy) is 1. The molecule has 5 heteroatoms. The number of halogens is 1. The first kappa shape index (κ1) is 14.2. The van der Waals surface area contributed by atoms with Crippen LogP contribution in [0, 0.1) is 5.82 Å². The molecule has 0 saturated carbocycles. The molecule has 0 amide bonds. The summed E-state index contributed by atoms with van der Waals surface area (Å²) in [7, 11) is 0. The lowest BCUT2D eigenvalue weighted by Gasteiger charge is -2.36. The molecule has 1 heterocycles. The van der Waals surface area contributed by atoms with Gasteiger partial charge in [-0.15, -0.1) is 0 Å². The van der Waals surface area contributed by atoms with Gasteiger partial charge in [0.2, 0.25) is 0 Å². The summed E-state index contributed by atoms with van der Waals surface area (Å²) in [5.74, 6) is -0.333. The number of rotatable bonds is 3. The van der Waals surface area contributed by atoms with E-state index in [1.807, 2.05) is 0 Å². The third kappa shape index (κ3) is 3.64. The Hall–Kier alpha value is -1.20. The first-order chi connectivity index (χ1) is 8.87. The standard InChI is InChI=1S/C14H19FN2OS/c1-14(2)8-10(5-6-18-14)17-12-4-3-9(15)7-11(12)13(16)19/h3-4,7,10,17H,5-6,8H2,1-2H3,(H2,16,19). The summed E-state index contributed by atoms with van der Waals surface area (Å²) in [6.07, 6.45) is 1.80. The minimum Gasteiger partial charge on any atom is -0.389 e. The molecule has 3 N–H and O–H groups in total. The number of anilines is 1. The lowest BCUT2D eigenvalue weighted by atomic mass is 9.93. The minimum atomic E-state index is -0.333. The van der Waals surface area contributed by atoms with Gasteiger partial charge in [0, 0.05) is 23.9 Å². The molecule has 2 rings (SSSR count). The van der Waals surface area contributed by atoms with Gasteiger partial charge in [-0.05, 0) is 44.9 Å². The van der Waals surface area contributed by atoms with Crippen LogP contribution in [0.25, 0.3) is 0 Å². The van der Waals surface area contributed by atoms with E-state index < -0.39 is 0 Å². The molecule has 104 valence electrons. The molecule has 0 spiro atoms. The normalized spacial score (nSPS) is 21.9. The van der Waals surface area contributed by atoms with Crippen molar-refractivity contribution in [2.75, 3.05) is 11.9 Å². The summed E-state index contributed by atoms with van der Waals surface area (Å²) >= 11 is 4.97. The van der Waals surface area contributed by atoms with Crippen molar-refractivity contribution >= 4 is 22.9 Å². The summed E-state index contributed by atoms with van der Waals surface area (Å²) in [4.78, 5) is 0.202. The molecule has 1 aromatic carbocycles. The molecule has 19 heavy (non-hydrogen) atoms. The number of nitrogens with two attached hydrogens (primary N) is 1. The first-order valence-corrected chi connectivity index (χ1v) is 6.78. The Morgan fingerprint density at radius 1 is 1.53 bits per heavy atom. The summed E-state index contributed by atoms with van der Waals surface area (Å²) in [5.41, 5.74) is 6.85. The topological polar surface area (TPSA) is 47.3 Å². The minimum absolute atomic E-state index is 0.140. The first-order valence-electron chi connectivity index (χ1n) is 6.37. The van der Waals surface area contributed by atoms with Crippen LogP contribution in [0.3, 0.4) is 0 Å². The lowest BCUT2D eigenvalue weighted by molar-refractivity contribution is -0.0553. The zero-order valence-corrected chi connectivity index (χ0v) is 12.0. The van der Waals surface area contributed by atoms with E-state index in [-0.39, 0.29) is 22.4 Å². The number of thiocarbonyl (C=S) groups is 1. The largest absolute Gasteiger partial charge is 0.389 e. The van der Waals surface area contributed by atoms with Gasteiger partial charge in [0.1, 0.15) is 10.8 Å². The van der Waals surface area contributed by atoms with Crippen molar-refractivity contribution < 1.29 is 9.13 Å². The average Bonchev–Trinajstić information content (AvgIpc) is 2.30. The van der Waals surface area contributed by atoms with Crippen molar-refractivity contribution in [3.63, 3.8) is 0 Å². The molecular formula is C14H19FN2OS. The van der Waals surface area contributed by atoms with Crippen molar-refractivity contribution in [1.29, 1.82) is 0 Å². The highest BCUT2D eigenvalue weighted by atomic mass is 32.1. The molecule has 1 fully saturated rings. The fourth-order valence-electron chi connectivity index (χ4n) is 2.42. The lowest BCUT2D eigenvalue weighted by Crippen LogP contribution is -2.40. The van der Waals surface area contributed by atoms with Crippen molar-refractivity contribution in [1.82, 2.24) is 0 Å². The Labute approximate surface area is 118 Å². The molecule has 3 nitrogen and oxygen atoms in total. The van der Waals surface area contributed by atoms with Crippen molar-refractivity contribution in [3.05, 3.63) is 29.6 Å². The summed E-state index contributed by atoms with van der Waals surface area (Å²) in [6.45, 7) is 4.86. The fourth-order valence-corrected chi connectivity index (χ4v) is 2.59. The van der Waals surface area contributed by atoms with Gasteiger partial charge in [-0.2, -0.15) is 0 Å². The van der Waals surface area contributed by atoms with E-state index in [4.69, 9.17) is 22.7 Å². The van der Waals surface area contributed by atoms with Gasteiger partial charge in [0.25, 0.3) is 0 Å². The van der Waals surface area contributed by atoms with Crippen molar-refractivity contribution in [2.24, 2.45) is 5.73 Å². The van der Waals surface area contributed by atoms with Crippen LogP contribution in [0.5, 0.6) is 0 Å². The van der Waals surface area contributed by atoms with Gasteiger partial charge in [-0.1, -0.05) is 12.2 Å². The Morgan fingerprint density at radius 2 is 2.26 bits per heavy atom. The zero-order chi connectivity index (χ0) is 14.0. The summed E-state index contributed by atoms with van der Waals surface area (Å²) in [6, 6.07) is 4.75. The molecule has 1 aromatic rings. The zero-order valence-electron chi connectivity index (χ0n) is 11.2. The third-order valence-corrected chi connectivity index (χ3v) is 3.52. The van der Waals surface area contributed by atoms with E-state index >= 15 is 0 Å². The Balaban J connectivity index is 2.17. The smallest absolute Gasteiger partial charge is 0.124 e. The number of nitrogens with one attached hydrogen (secondary N) is 1. The van der Waals surface area contributed by atoms with Gasteiger partial charge < -0.3 is 15.8 Å². The second kappa shape index (κ2) is 5.43. The van der Waals surface area contributed by atoms with E-state index in [2.05, 4.69) is 19.2 Å². The van der Waals surface area contributed by atoms with Crippen molar-refractivity contribution in [2.45, 2.75) is 38.3 Å². The fraction of sp³-hybridized carbons (Fsp3) is 0.500. The maximum atomic E-state index is 13.2.